The van der Waals surface area contributed by atoms with E-state index in [1.807, 2.05) is 26.0 Å². The molecule has 0 aromatic carbocycles. The lowest BCUT2D eigenvalue weighted by atomic mass is 10.3. The normalized spacial score (nSPS) is 24.0. The van der Waals surface area contributed by atoms with Gasteiger partial charge >= 0.3 is 0 Å². The minimum absolute atomic E-state index is 0.119. The summed E-state index contributed by atoms with van der Waals surface area (Å²) in [6.45, 7) is 5.26. The third kappa shape index (κ3) is 2.91. The van der Waals surface area contributed by atoms with E-state index in [-0.39, 0.29) is 6.10 Å². The van der Waals surface area contributed by atoms with Gasteiger partial charge in [-0.15, -0.1) is 0 Å². The number of ether oxygens (including phenoxy) is 2. The summed E-state index contributed by atoms with van der Waals surface area (Å²) in [6.07, 6.45) is 3.64. The smallest absolute Gasteiger partial charge is 0.163 e. The average molecular weight is 208 g/mol. The summed E-state index contributed by atoms with van der Waals surface area (Å²) in [5.41, 5.74) is 1.05. The van der Waals surface area contributed by atoms with Gasteiger partial charge in [-0.25, -0.2) is 0 Å². The fourth-order valence-corrected chi connectivity index (χ4v) is 1.57. The van der Waals surface area contributed by atoms with Crippen LogP contribution in [0.3, 0.4) is 0 Å². The lowest BCUT2D eigenvalue weighted by Crippen LogP contribution is -2.25. The van der Waals surface area contributed by atoms with E-state index in [9.17, 15) is 0 Å². The van der Waals surface area contributed by atoms with Gasteiger partial charge in [0, 0.05) is 24.6 Å². The van der Waals surface area contributed by atoms with Gasteiger partial charge in [0.05, 0.1) is 6.61 Å². The molecule has 4 nitrogen and oxygen atoms in total. The highest BCUT2D eigenvalue weighted by molar-refractivity contribution is 5.40. The van der Waals surface area contributed by atoms with Gasteiger partial charge in [-0.2, -0.15) is 0 Å². The fraction of sp³-hybridized carbons (Fsp3) is 0.545. The van der Waals surface area contributed by atoms with Gasteiger partial charge < -0.3 is 14.8 Å². The summed E-state index contributed by atoms with van der Waals surface area (Å²) in [7, 11) is 0. The summed E-state index contributed by atoms with van der Waals surface area (Å²) in [4.78, 5) is 3.95. The molecule has 2 heterocycles. The number of anilines is 1. The second kappa shape index (κ2) is 4.16. The van der Waals surface area contributed by atoms with Crippen LogP contribution in [-0.4, -0.2) is 30.0 Å². The molecule has 0 saturated carbocycles. The molecule has 1 atom stereocenters. The van der Waals surface area contributed by atoms with Crippen LogP contribution in [0.1, 0.15) is 13.8 Å². The highest BCUT2D eigenvalue weighted by Crippen LogP contribution is 2.22. The Balaban J connectivity index is 1.80. The van der Waals surface area contributed by atoms with Crippen LogP contribution in [0.15, 0.2) is 24.5 Å². The van der Waals surface area contributed by atoms with Gasteiger partial charge in [0.2, 0.25) is 0 Å². The molecule has 1 saturated heterocycles. The molecular weight excluding hydrogens is 192 g/mol. The van der Waals surface area contributed by atoms with Crippen molar-refractivity contribution in [2.24, 2.45) is 0 Å². The highest BCUT2D eigenvalue weighted by atomic mass is 16.7. The van der Waals surface area contributed by atoms with Crippen molar-refractivity contribution in [3.05, 3.63) is 24.5 Å². The largest absolute Gasteiger partial charge is 0.382 e. The predicted octanol–water partition coefficient (Wildman–Crippen LogP) is 1.64. The van der Waals surface area contributed by atoms with Crippen molar-refractivity contribution < 1.29 is 9.47 Å². The molecule has 0 amide bonds. The lowest BCUT2D eigenvalue weighted by molar-refractivity contribution is -0.136. The zero-order valence-electron chi connectivity index (χ0n) is 9.06. The van der Waals surface area contributed by atoms with Crippen molar-refractivity contribution in [2.45, 2.75) is 25.7 Å². The van der Waals surface area contributed by atoms with Crippen LogP contribution in [0.5, 0.6) is 0 Å². The lowest BCUT2D eigenvalue weighted by Gasteiger charge is -2.17. The van der Waals surface area contributed by atoms with E-state index >= 15 is 0 Å². The van der Waals surface area contributed by atoms with E-state index in [1.165, 1.54) is 0 Å². The van der Waals surface area contributed by atoms with Crippen molar-refractivity contribution in [3.8, 4) is 0 Å². The molecule has 1 aliphatic rings. The summed E-state index contributed by atoms with van der Waals surface area (Å²) in [6, 6.07) is 3.86. The molecule has 0 bridgehead atoms. The van der Waals surface area contributed by atoms with Crippen molar-refractivity contribution in [3.63, 3.8) is 0 Å². The van der Waals surface area contributed by atoms with E-state index in [1.54, 1.807) is 12.4 Å². The topological polar surface area (TPSA) is 43.4 Å². The third-order valence-corrected chi connectivity index (χ3v) is 2.28. The van der Waals surface area contributed by atoms with Crippen LogP contribution in [-0.2, 0) is 9.47 Å². The molecule has 1 aromatic rings. The predicted molar refractivity (Wildman–Crippen MR) is 57.6 cm³/mol. The van der Waals surface area contributed by atoms with Crippen LogP contribution in [0, 0.1) is 0 Å². The van der Waals surface area contributed by atoms with Crippen LogP contribution in [0.4, 0.5) is 5.69 Å². The summed E-state index contributed by atoms with van der Waals surface area (Å²) in [5.74, 6) is -0.440. The first-order chi connectivity index (χ1) is 7.16. The van der Waals surface area contributed by atoms with Crippen molar-refractivity contribution in [2.75, 3.05) is 18.5 Å². The number of nitrogens with one attached hydrogen (secondary N) is 1. The Kier molecular flexibility index (Phi) is 2.88. The van der Waals surface area contributed by atoms with E-state index < -0.39 is 5.79 Å². The van der Waals surface area contributed by atoms with Gasteiger partial charge in [0.25, 0.3) is 0 Å². The number of hydrogen-bond donors (Lipinski definition) is 1. The number of aromatic nitrogens is 1. The zero-order chi connectivity index (χ0) is 10.7. The van der Waals surface area contributed by atoms with E-state index in [0.717, 1.165) is 12.2 Å². The molecule has 0 radical (unpaired) electrons. The molecule has 1 aliphatic heterocycles. The van der Waals surface area contributed by atoms with E-state index in [2.05, 4.69) is 10.3 Å². The summed E-state index contributed by atoms with van der Waals surface area (Å²) in [5, 5.41) is 3.28. The van der Waals surface area contributed by atoms with Crippen molar-refractivity contribution >= 4 is 5.69 Å². The molecule has 2 rings (SSSR count). The zero-order valence-corrected chi connectivity index (χ0v) is 9.06. The van der Waals surface area contributed by atoms with Crippen LogP contribution in [0.2, 0.25) is 0 Å². The monoisotopic (exact) mass is 208 g/mol. The Bertz CT molecular complexity index is 314. The third-order valence-electron chi connectivity index (χ3n) is 2.28. The number of hydrogen-bond acceptors (Lipinski definition) is 4. The fourth-order valence-electron chi connectivity index (χ4n) is 1.57. The maximum Gasteiger partial charge on any atom is 0.163 e. The first kappa shape index (κ1) is 10.4. The van der Waals surface area contributed by atoms with Crippen LogP contribution in [0.25, 0.3) is 0 Å². The number of nitrogens with zero attached hydrogens (tertiary/aromatic N) is 1. The van der Waals surface area contributed by atoms with Gasteiger partial charge in [-0.3, -0.25) is 4.98 Å². The first-order valence-corrected chi connectivity index (χ1v) is 5.11. The van der Waals surface area contributed by atoms with E-state index in [4.69, 9.17) is 9.47 Å². The molecule has 4 heteroatoms. The standard InChI is InChI=1S/C11H16N2O2/c1-11(2)14-8-10(15-11)7-13-9-3-5-12-6-4-9/h3-6,10H,7-8H2,1-2H3,(H,12,13). The van der Waals surface area contributed by atoms with E-state index in [0.29, 0.717) is 6.61 Å². The molecule has 1 aromatic heterocycles. The minimum Gasteiger partial charge on any atom is -0.382 e. The Morgan fingerprint density at radius 3 is 2.80 bits per heavy atom. The molecular formula is C11H16N2O2. The molecule has 1 N–H and O–H groups in total. The molecule has 1 unspecified atom stereocenters. The Morgan fingerprint density at radius 1 is 1.47 bits per heavy atom. The van der Waals surface area contributed by atoms with Gasteiger partial charge in [0.1, 0.15) is 6.10 Å². The summed E-state index contributed by atoms with van der Waals surface area (Å²) >= 11 is 0. The van der Waals surface area contributed by atoms with Gasteiger partial charge in [-0.1, -0.05) is 0 Å². The SMILES string of the molecule is CC1(C)OCC(CNc2ccncc2)O1. The minimum atomic E-state index is -0.440. The second-order valence-corrected chi connectivity index (χ2v) is 4.07. The first-order valence-electron chi connectivity index (χ1n) is 5.11. The van der Waals surface area contributed by atoms with Gasteiger partial charge in [0.15, 0.2) is 5.79 Å². The Labute approximate surface area is 89.6 Å². The van der Waals surface area contributed by atoms with Crippen LogP contribution >= 0.6 is 0 Å². The Morgan fingerprint density at radius 2 is 2.20 bits per heavy atom. The second-order valence-electron chi connectivity index (χ2n) is 4.07. The van der Waals surface area contributed by atoms with Crippen molar-refractivity contribution in [1.82, 2.24) is 4.98 Å². The quantitative estimate of drug-likeness (QED) is 0.820. The molecule has 82 valence electrons. The number of pyridine rings is 1. The summed E-state index contributed by atoms with van der Waals surface area (Å²) < 4.78 is 11.1. The molecule has 1 fully saturated rings. The van der Waals surface area contributed by atoms with Crippen molar-refractivity contribution in [1.29, 1.82) is 0 Å². The molecule has 15 heavy (non-hydrogen) atoms. The maximum absolute atomic E-state index is 5.67. The average Bonchev–Trinajstić information content (AvgIpc) is 2.57. The highest BCUT2D eigenvalue weighted by Gasteiger charge is 2.32. The Hall–Kier alpha value is -1.13. The van der Waals surface area contributed by atoms with Crippen LogP contribution < -0.4 is 5.32 Å². The number of rotatable bonds is 3. The maximum atomic E-state index is 5.67. The van der Waals surface area contributed by atoms with Gasteiger partial charge in [-0.05, 0) is 26.0 Å². The molecule has 0 aliphatic carbocycles. The molecule has 0 spiro atoms.